The van der Waals surface area contributed by atoms with Crippen LogP contribution in [-0.2, 0) is 0 Å². The minimum Gasteiger partial charge on any atom is -0.390 e. The van der Waals surface area contributed by atoms with E-state index in [4.69, 9.17) is 5.11 Å². The Bertz CT molecular complexity index is 170. The molecule has 0 unspecified atom stereocenters. The van der Waals surface area contributed by atoms with Crippen LogP contribution < -0.4 is 5.32 Å². The summed E-state index contributed by atoms with van der Waals surface area (Å²) in [5.74, 6) is 0. The van der Waals surface area contributed by atoms with Crippen molar-refractivity contribution in [2.24, 2.45) is 4.99 Å². The number of rotatable bonds is 1. The lowest BCUT2D eigenvalue weighted by Gasteiger charge is -1.97. The van der Waals surface area contributed by atoms with Crippen molar-refractivity contribution in [3.8, 4) is 0 Å². The van der Waals surface area contributed by atoms with Crippen molar-refractivity contribution in [2.45, 2.75) is 0 Å². The van der Waals surface area contributed by atoms with Gasteiger partial charge in [-0.05, 0) is 6.08 Å². The van der Waals surface area contributed by atoms with Crippen molar-refractivity contribution in [2.75, 3.05) is 6.61 Å². The first-order chi connectivity index (χ1) is 4.43. The summed E-state index contributed by atoms with van der Waals surface area (Å²) < 4.78 is 0. The monoisotopic (exact) mass is 124 g/mol. The van der Waals surface area contributed by atoms with E-state index >= 15 is 0 Å². The van der Waals surface area contributed by atoms with Gasteiger partial charge in [-0.15, -0.1) is 0 Å². The van der Waals surface area contributed by atoms with Gasteiger partial charge in [-0.2, -0.15) is 0 Å². The lowest BCUT2D eigenvalue weighted by atomic mass is 10.5. The highest BCUT2D eigenvalue weighted by Gasteiger charge is 1.89. The van der Waals surface area contributed by atoms with E-state index in [1.165, 1.54) is 0 Å². The van der Waals surface area contributed by atoms with Gasteiger partial charge in [0.15, 0.2) is 0 Å². The molecular weight excluding hydrogens is 116 g/mol. The average Bonchev–Trinajstić information content (AvgIpc) is 2.13. The van der Waals surface area contributed by atoms with Crippen LogP contribution in [0.5, 0.6) is 0 Å². The Hall–Kier alpha value is -1.09. The lowest BCUT2D eigenvalue weighted by Crippen LogP contribution is -2.07. The molecule has 0 aromatic carbocycles. The quantitative estimate of drug-likeness (QED) is 0.517. The molecule has 3 heteroatoms. The maximum Gasteiger partial charge on any atom is 0.0846 e. The van der Waals surface area contributed by atoms with Gasteiger partial charge < -0.3 is 10.4 Å². The Morgan fingerprint density at radius 3 is 3.33 bits per heavy atom. The SMILES string of the molecule is OCC1=CN=CC=CN1. The maximum atomic E-state index is 8.58. The molecule has 0 aliphatic carbocycles. The third kappa shape index (κ3) is 1.70. The van der Waals surface area contributed by atoms with Crippen LogP contribution >= 0.6 is 0 Å². The van der Waals surface area contributed by atoms with Crippen LogP contribution in [0.4, 0.5) is 0 Å². The number of hydrogen-bond acceptors (Lipinski definition) is 3. The highest BCUT2D eigenvalue weighted by molar-refractivity contribution is 5.72. The molecule has 0 spiro atoms. The van der Waals surface area contributed by atoms with Crippen LogP contribution in [0.15, 0.2) is 29.2 Å². The summed E-state index contributed by atoms with van der Waals surface area (Å²) in [5.41, 5.74) is 0.708. The van der Waals surface area contributed by atoms with Crippen molar-refractivity contribution in [1.82, 2.24) is 5.32 Å². The van der Waals surface area contributed by atoms with E-state index in [1.54, 1.807) is 24.7 Å². The Labute approximate surface area is 53.4 Å². The van der Waals surface area contributed by atoms with E-state index in [9.17, 15) is 0 Å². The van der Waals surface area contributed by atoms with Gasteiger partial charge in [0, 0.05) is 18.6 Å². The van der Waals surface area contributed by atoms with Gasteiger partial charge in [-0.1, -0.05) is 0 Å². The molecule has 0 amide bonds. The lowest BCUT2D eigenvalue weighted by molar-refractivity contribution is 0.325. The third-order valence-corrected chi connectivity index (χ3v) is 0.938. The van der Waals surface area contributed by atoms with E-state index in [1.807, 2.05) is 0 Å². The summed E-state index contributed by atoms with van der Waals surface area (Å²) in [6.07, 6.45) is 6.72. The highest BCUT2D eigenvalue weighted by atomic mass is 16.3. The van der Waals surface area contributed by atoms with Crippen LogP contribution in [0.2, 0.25) is 0 Å². The van der Waals surface area contributed by atoms with Gasteiger partial charge in [0.1, 0.15) is 0 Å². The molecule has 0 atom stereocenters. The molecular formula is C6H8N2O. The fourth-order valence-electron chi connectivity index (χ4n) is 0.505. The first kappa shape index (κ1) is 6.04. The topological polar surface area (TPSA) is 44.6 Å². The molecule has 2 N–H and O–H groups in total. The molecule has 0 saturated heterocycles. The van der Waals surface area contributed by atoms with Crippen LogP contribution in [0.3, 0.4) is 0 Å². The Kier molecular flexibility index (Phi) is 2.04. The predicted octanol–water partition coefficient (Wildman–Crippen LogP) is 0.00780. The number of nitrogens with zero attached hydrogens (tertiary/aromatic N) is 1. The molecule has 9 heavy (non-hydrogen) atoms. The molecule has 0 aromatic heterocycles. The zero-order valence-corrected chi connectivity index (χ0v) is 4.91. The Morgan fingerprint density at radius 2 is 2.56 bits per heavy atom. The molecule has 3 nitrogen and oxygen atoms in total. The number of aliphatic hydroxyl groups excluding tert-OH is 1. The summed E-state index contributed by atoms with van der Waals surface area (Å²) >= 11 is 0. The molecule has 48 valence electrons. The summed E-state index contributed by atoms with van der Waals surface area (Å²) in [4.78, 5) is 3.83. The third-order valence-electron chi connectivity index (χ3n) is 0.938. The van der Waals surface area contributed by atoms with Crippen molar-refractivity contribution < 1.29 is 5.11 Å². The van der Waals surface area contributed by atoms with Crippen LogP contribution in [0, 0.1) is 0 Å². The summed E-state index contributed by atoms with van der Waals surface area (Å²) in [5, 5.41) is 11.4. The summed E-state index contributed by atoms with van der Waals surface area (Å²) in [7, 11) is 0. The van der Waals surface area contributed by atoms with E-state index in [2.05, 4.69) is 10.3 Å². The standard InChI is InChI=1S/C6H8N2O/c9-5-6-4-7-2-1-3-8-6/h1-4,8-9H,5H2. The molecule has 0 radical (unpaired) electrons. The van der Waals surface area contributed by atoms with Crippen molar-refractivity contribution in [1.29, 1.82) is 0 Å². The Morgan fingerprint density at radius 1 is 1.67 bits per heavy atom. The molecule has 0 bridgehead atoms. The minimum absolute atomic E-state index is 0.00167. The van der Waals surface area contributed by atoms with E-state index in [-0.39, 0.29) is 6.61 Å². The van der Waals surface area contributed by atoms with Gasteiger partial charge in [0.25, 0.3) is 0 Å². The summed E-state index contributed by atoms with van der Waals surface area (Å²) in [6, 6.07) is 0. The number of aliphatic hydroxyl groups is 1. The largest absolute Gasteiger partial charge is 0.390 e. The normalized spacial score (nSPS) is 16.3. The number of hydrogen-bond donors (Lipinski definition) is 2. The first-order valence-electron chi connectivity index (χ1n) is 2.68. The predicted molar refractivity (Wildman–Crippen MR) is 35.9 cm³/mol. The molecule has 0 fully saturated rings. The van der Waals surface area contributed by atoms with Crippen molar-refractivity contribution in [3.05, 3.63) is 24.2 Å². The number of aliphatic imine (C=N–C) groups is 1. The zero-order valence-electron chi connectivity index (χ0n) is 4.91. The second-order valence-corrected chi connectivity index (χ2v) is 1.61. The fourth-order valence-corrected chi connectivity index (χ4v) is 0.505. The fraction of sp³-hybridized carbons (Fsp3) is 0.167. The molecule has 1 rings (SSSR count). The number of nitrogens with one attached hydrogen (secondary N) is 1. The zero-order chi connectivity index (χ0) is 6.53. The van der Waals surface area contributed by atoms with Gasteiger partial charge in [-0.25, -0.2) is 0 Å². The average molecular weight is 124 g/mol. The minimum atomic E-state index is 0.00167. The molecule has 1 heterocycles. The smallest absolute Gasteiger partial charge is 0.0846 e. The second kappa shape index (κ2) is 3.04. The Balaban J connectivity index is 2.62. The van der Waals surface area contributed by atoms with Crippen molar-refractivity contribution >= 4 is 6.21 Å². The van der Waals surface area contributed by atoms with E-state index in [0.717, 1.165) is 0 Å². The molecule has 1 aliphatic rings. The van der Waals surface area contributed by atoms with Gasteiger partial charge in [-0.3, -0.25) is 4.99 Å². The van der Waals surface area contributed by atoms with Crippen LogP contribution in [0.25, 0.3) is 0 Å². The van der Waals surface area contributed by atoms with Crippen LogP contribution in [-0.4, -0.2) is 17.9 Å². The molecule has 0 aromatic rings. The first-order valence-corrected chi connectivity index (χ1v) is 2.68. The van der Waals surface area contributed by atoms with E-state index < -0.39 is 0 Å². The van der Waals surface area contributed by atoms with Gasteiger partial charge in [0.05, 0.1) is 12.3 Å². The van der Waals surface area contributed by atoms with Crippen LogP contribution in [0.1, 0.15) is 0 Å². The van der Waals surface area contributed by atoms with Gasteiger partial charge in [0.2, 0.25) is 0 Å². The van der Waals surface area contributed by atoms with Crippen molar-refractivity contribution in [3.63, 3.8) is 0 Å². The van der Waals surface area contributed by atoms with E-state index in [0.29, 0.717) is 5.70 Å². The maximum absolute atomic E-state index is 8.58. The second-order valence-electron chi connectivity index (χ2n) is 1.61. The highest BCUT2D eigenvalue weighted by Crippen LogP contribution is 1.89. The molecule has 1 aliphatic heterocycles. The van der Waals surface area contributed by atoms with Gasteiger partial charge >= 0.3 is 0 Å². The molecule has 0 saturated carbocycles. The summed E-state index contributed by atoms with van der Waals surface area (Å²) in [6.45, 7) is 0.00167. The number of allylic oxidation sites excluding steroid dienone is 1.